The fourth-order valence-electron chi connectivity index (χ4n) is 4.56. The van der Waals surface area contributed by atoms with Crippen LogP contribution in [0.3, 0.4) is 0 Å². The van der Waals surface area contributed by atoms with E-state index in [0.717, 1.165) is 18.4 Å². The Bertz CT molecular complexity index is 1370. The summed E-state index contributed by atoms with van der Waals surface area (Å²) >= 11 is 0. The Morgan fingerprint density at radius 3 is 2.30 bits per heavy atom. The molecule has 0 bridgehead atoms. The third-order valence-electron chi connectivity index (χ3n) is 6.88. The van der Waals surface area contributed by atoms with E-state index in [0.29, 0.717) is 11.1 Å². The number of benzene rings is 2. The first-order valence-electron chi connectivity index (χ1n) is 14.4. The molecule has 1 aliphatic rings. The van der Waals surface area contributed by atoms with Gasteiger partial charge in [-0.1, -0.05) is 42.5 Å². The fraction of sp³-hybridized carbons (Fsp3) is 0.406. The van der Waals surface area contributed by atoms with Crippen LogP contribution in [-0.4, -0.2) is 83.6 Å². The number of nitrogens with one attached hydrogen (secondary N) is 1. The summed E-state index contributed by atoms with van der Waals surface area (Å²) in [6, 6.07) is 8.58. The van der Waals surface area contributed by atoms with Gasteiger partial charge in [-0.25, -0.2) is 9.59 Å². The SMILES string of the molecule is COc1ccc(C[C@@H](NC(=O)[C@@H](Cc2ccc(O)cc2)N(C)C(=O)OC(C)(C)C)C(=O)OCC2=CCCC=C2)cc1B(O)O. The third-order valence-corrected chi connectivity index (χ3v) is 6.88. The number of hydrogen-bond donors (Lipinski definition) is 4. The van der Waals surface area contributed by atoms with Crippen LogP contribution >= 0.6 is 0 Å². The van der Waals surface area contributed by atoms with Crippen molar-refractivity contribution in [2.45, 2.75) is 64.1 Å². The summed E-state index contributed by atoms with van der Waals surface area (Å²) in [5, 5.41) is 32.1. The zero-order chi connectivity index (χ0) is 32.4. The van der Waals surface area contributed by atoms with Crippen molar-refractivity contribution in [3.63, 3.8) is 0 Å². The molecule has 3 rings (SSSR count). The first kappa shape index (κ1) is 34.2. The number of phenolic OH excluding ortho intramolecular Hbond substituents is 1. The summed E-state index contributed by atoms with van der Waals surface area (Å²) in [6.45, 7) is 5.15. The quantitative estimate of drug-likeness (QED) is 0.210. The Labute approximate surface area is 258 Å². The average Bonchev–Trinajstić information content (AvgIpc) is 2.98. The van der Waals surface area contributed by atoms with Gasteiger partial charge in [-0.3, -0.25) is 9.69 Å². The van der Waals surface area contributed by atoms with E-state index in [-0.39, 0.29) is 36.4 Å². The standard InChI is InChI=1S/C32H41BN2O9/c1-32(2,3)44-31(39)35(4)27(19-21-11-14-24(36)15-12-21)29(37)34-26(30(38)43-20-22-9-7-6-8-10-22)18-23-13-16-28(42-5)25(17-23)33(40)41/h7,9-17,26-27,36,40-41H,6,8,18-20H2,1-5H3,(H,34,37)/t26-,27-/m1/s1. The number of carbonyl (C=O) groups is 3. The highest BCUT2D eigenvalue weighted by Gasteiger charge is 2.34. The zero-order valence-corrected chi connectivity index (χ0v) is 25.8. The number of phenols is 1. The lowest BCUT2D eigenvalue weighted by atomic mass is 9.78. The lowest BCUT2D eigenvalue weighted by molar-refractivity contribution is -0.147. The van der Waals surface area contributed by atoms with Crippen LogP contribution in [0.25, 0.3) is 0 Å². The minimum atomic E-state index is -1.83. The number of amides is 2. The predicted molar refractivity (Wildman–Crippen MR) is 165 cm³/mol. The van der Waals surface area contributed by atoms with Crippen molar-refractivity contribution in [1.29, 1.82) is 0 Å². The zero-order valence-electron chi connectivity index (χ0n) is 25.8. The molecule has 0 aromatic heterocycles. The van der Waals surface area contributed by atoms with Gasteiger partial charge in [0, 0.05) is 25.4 Å². The van der Waals surface area contributed by atoms with Gasteiger partial charge in [-0.15, -0.1) is 0 Å². The molecule has 0 aliphatic heterocycles. The Hall–Kier alpha value is -4.29. The van der Waals surface area contributed by atoms with Crippen molar-refractivity contribution >= 4 is 30.6 Å². The van der Waals surface area contributed by atoms with E-state index in [2.05, 4.69) is 5.32 Å². The summed E-state index contributed by atoms with van der Waals surface area (Å²) in [4.78, 5) is 41.5. The number of allylic oxidation sites excluding steroid dienone is 2. The second-order valence-electron chi connectivity index (χ2n) is 11.6. The summed E-state index contributed by atoms with van der Waals surface area (Å²) < 4.78 is 16.3. The van der Waals surface area contributed by atoms with Gasteiger partial charge in [0.1, 0.15) is 35.8 Å². The van der Waals surface area contributed by atoms with Crippen molar-refractivity contribution in [3.8, 4) is 11.5 Å². The van der Waals surface area contributed by atoms with E-state index >= 15 is 0 Å². The number of aromatic hydroxyl groups is 1. The van der Waals surface area contributed by atoms with Gasteiger partial charge in [-0.05, 0) is 68.5 Å². The summed E-state index contributed by atoms with van der Waals surface area (Å²) in [5.74, 6) is -1.05. The highest BCUT2D eigenvalue weighted by molar-refractivity contribution is 6.59. The van der Waals surface area contributed by atoms with Crippen LogP contribution in [0, 0.1) is 0 Å². The second kappa shape index (κ2) is 15.4. The lowest BCUT2D eigenvalue weighted by Gasteiger charge is -2.31. The fourth-order valence-corrected chi connectivity index (χ4v) is 4.56. The van der Waals surface area contributed by atoms with E-state index in [1.165, 1.54) is 43.3 Å². The van der Waals surface area contributed by atoms with Crippen molar-refractivity contribution in [2.75, 3.05) is 20.8 Å². The normalized spacial score (nSPS) is 14.1. The molecule has 4 N–H and O–H groups in total. The van der Waals surface area contributed by atoms with Gasteiger partial charge in [0.15, 0.2) is 0 Å². The van der Waals surface area contributed by atoms with Crippen LogP contribution in [0.2, 0.25) is 0 Å². The topological polar surface area (TPSA) is 155 Å². The van der Waals surface area contributed by atoms with Gasteiger partial charge in [-0.2, -0.15) is 0 Å². The Kier molecular flexibility index (Phi) is 12.0. The number of likely N-dealkylation sites (N-methyl/N-ethyl adjacent to an activating group) is 1. The average molecular weight is 608 g/mol. The van der Waals surface area contributed by atoms with Crippen LogP contribution in [0.1, 0.15) is 44.7 Å². The summed E-state index contributed by atoms with van der Waals surface area (Å²) in [6.07, 6.45) is 6.85. The molecule has 2 amide bonds. The predicted octanol–water partition coefficient (Wildman–Crippen LogP) is 2.41. The molecule has 2 aromatic carbocycles. The van der Waals surface area contributed by atoms with Gasteiger partial charge in [0.2, 0.25) is 5.91 Å². The minimum absolute atomic E-state index is 0.0136. The third kappa shape index (κ3) is 10.2. The molecule has 44 heavy (non-hydrogen) atoms. The van der Waals surface area contributed by atoms with Crippen LogP contribution < -0.4 is 15.5 Å². The molecule has 0 radical (unpaired) electrons. The molecule has 12 heteroatoms. The molecule has 11 nitrogen and oxygen atoms in total. The van der Waals surface area contributed by atoms with E-state index in [1.54, 1.807) is 39.0 Å². The number of methoxy groups -OCH3 is 1. The molecule has 0 saturated heterocycles. The highest BCUT2D eigenvalue weighted by Crippen LogP contribution is 2.18. The number of hydrogen-bond acceptors (Lipinski definition) is 9. The van der Waals surface area contributed by atoms with Crippen molar-refractivity contribution in [2.24, 2.45) is 0 Å². The Morgan fingerprint density at radius 2 is 1.70 bits per heavy atom. The smallest absolute Gasteiger partial charge is 0.492 e. The van der Waals surface area contributed by atoms with E-state index < -0.39 is 42.8 Å². The van der Waals surface area contributed by atoms with Crippen molar-refractivity contribution in [1.82, 2.24) is 10.2 Å². The van der Waals surface area contributed by atoms with Gasteiger partial charge < -0.3 is 34.7 Å². The van der Waals surface area contributed by atoms with E-state index in [9.17, 15) is 29.5 Å². The van der Waals surface area contributed by atoms with Crippen LogP contribution in [-0.2, 0) is 31.9 Å². The van der Waals surface area contributed by atoms with Crippen LogP contribution in [0.4, 0.5) is 4.79 Å². The molecule has 0 heterocycles. The monoisotopic (exact) mass is 608 g/mol. The number of ether oxygens (including phenoxy) is 3. The molecule has 0 fully saturated rings. The van der Waals surface area contributed by atoms with E-state index in [4.69, 9.17) is 14.2 Å². The first-order chi connectivity index (χ1) is 20.8. The number of esters is 1. The van der Waals surface area contributed by atoms with Crippen LogP contribution in [0.5, 0.6) is 11.5 Å². The maximum absolute atomic E-state index is 13.9. The number of nitrogens with zero attached hydrogens (tertiary/aromatic N) is 1. The summed E-state index contributed by atoms with van der Waals surface area (Å²) in [5.41, 5.74) is 1.27. The Morgan fingerprint density at radius 1 is 1.02 bits per heavy atom. The maximum Gasteiger partial charge on any atom is 0.492 e. The number of carbonyl (C=O) groups excluding carboxylic acids is 3. The second-order valence-corrected chi connectivity index (χ2v) is 11.6. The minimum Gasteiger partial charge on any atom is -0.508 e. The molecule has 0 saturated carbocycles. The largest absolute Gasteiger partial charge is 0.508 e. The maximum atomic E-state index is 13.9. The molecule has 0 spiro atoms. The molecule has 2 atom stereocenters. The van der Waals surface area contributed by atoms with Gasteiger partial charge >= 0.3 is 19.2 Å². The van der Waals surface area contributed by atoms with Gasteiger partial charge in [0.05, 0.1) is 7.11 Å². The van der Waals surface area contributed by atoms with Crippen molar-refractivity contribution < 1.29 is 43.7 Å². The molecule has 236 valence electrons. The molecular weight excluding hydrogens is 567 g/mol. The molecule has 2 aromatic rings. The lowest BCUT2D eigenvalue weighted by Crippen LogP contribution is -2.54. The molecule has 0 unspecified atom stereocenters. The van der Waals surface area contributed by atoms with E-state index in [1.807, 2.05) is 18.2 Å². The van der Waals surface area contributed by atoms with Gasteiger partial charge in [0.25, 0.3) is 0 Å². The molecule has 1 aliphatic carbocycles. The number of rotatable bonds is 12. The first-order valence-corrected chi connectivity index (χ1v) is 14.4. The summed E-state index contributed by atoms with van der Waals surface area (Å²) in [7, 11) is 1.00. The highest BCUT2D eigenvalue weighted by atomic mass is 16.6. The van der Waals surface area contributed by atoms with Crippen LogP contribution in [0.15, 0.2) is 66.3 Å². The molecular formula is C32H41BN2O9. The van der Waals surface area contributed by atoms with Crippen molar-refractivity contribution in [3.05, 3.63) is 77.4 Å². The Balaban J connectivity index is 1.91.